The summed E-state index contributed by atoms with van der Waals surface area (Å²) in [6.45, 7) is 2.83. The fraction of sp³-hybridized carbons (Fsp3) is 0.129. The van der Waals surface area contributed by atoms with Crippen molar-refractivity contribution >= 4 is 18.1 Å². The Bertz CT molecular complexity index is 1400. The molecule has 0 radical (unpaired) electrons. The van der Waals surface area contributed by atoms with Crippen molar-refractivity contribution in [3.05, 3.63) is 137 Å². The van der Waals surface area contributed by atoms with E-state index in [0.717, 1.165) is 31.6 Å². The van der Waals surface area contributed by atoms with Crippen LogP contribution in [0.1, 0.15) is 43.0 Å². The van der Waals surface area contributed by atoms with Crippen molar-refractivity contribution in [3.63, 3.8) is 0 Å². The molecule has 6 heteroatoms. The lowest BCUT2D eigenvalue weighted by Gasteiger charge is -2.28. The first-order valence-corrected chi connectivity index (χ1v) is 12.2. The second-order valence-corrected chi connectivity index (χ2v) is 8.95. The number of rotatable bonds is 7. The van der Waals surface area contributed by atoms with Crippen LogP contribution in [-0.2, 0) is 19.5 Å². The summed E-state index contributed by atoms with van der Waals surface area (Å²) in [5.74, 6) is -0.256. The van der Waals surface area contributed by atoms with Crippen LogP contribution in [0.25, 0.3) is 0 Å². The molecule has 0 aromatic heterocycles. The number of hydrogen-bond donors (Lipinski definition) is 1. The summed E-state index contributed by atoms with van der Waals surface area (Å²) in [7, 11) is 0. The smallest absolute Gasteiger partial charge is 0.343 e. The summed E-state index contributed by atoms with van der Waals surface area (Å²) >= 11 is 0. The predicted octanol–water partition coefficient (Wildman–Crippen LogP) is 5.23. The Hall–Kier alpha value is -4.55. The second-order valence-electron chi connectivity index (χ2n) is 8.95. The van der Waals surface area contributed by atoms with Crippen molar-refractivity contribution in [3.8, 4) is 5.75 Å². The molecule has 184 valence electrons. The monoisotopic (exact) mass is 489 g/mol. The number of hydrogen-bond acceptors (Lipinski definition) is 5. The average Bonchev–Trinajstić information content (AvgIpc) is 2.95. The van der Waals surface area contributed by atoms with Gasteiger partial charge in [-0.1, -0.05) is 54.6 Å². The van der Waals surface area contributed by atoms with Gasteiger partial charge in [-0.3, -0.25) is 9.69 Å². The molecule has 1 heterocycles. The lowest BCUT2D eigenvalue weighted by Crippen LogP contribution is -2.30. The number of benzene rings is 4. The van der Waals surface area contributed by atoms with Crippen LogP contribution in [0.3, 0.4) is 0 Å². The molecule has 0 fully saturated rings. The number of fused-ring (bicyclic) bond motifs is 1. The summed E-state index contributed by atoms with van der Waals surface area (Å²) in [4.78, 5) is 27.1. The van der Waals surface area contributed by atoms with Crippen molar-refractivity contribution in [2.75, 3.05) is 6.54 Å². The molecule has 0 aliphatic carbocycles. The lowest BCUT2D eigenvalue weighted by atomic mass is 9.99. The maximum absolute atomic E-state index is 12.5. The zero-order valence-electron chi connectivity index (χ0n) is 20.3. The average molecular weight is 490 g/mol. The standard InChI is InChI=1S/C31H27N3O3/c35-30(26-14-10-24(11-15-26)21-34-19-18-25-6-4-5-9-28(25)22-34)33-32-20-23-12-16-29(17-13-23)37-31(36)27-7-2-1-3-8-27/h1-17,20H,18-19,21-22H2,(H,33,35)/b32-20-. The molecule has 6 nitrogen and oxygen atoms in total. The number of ether oxygens (including phenoxy) is 1. The molecule has 37 heavy (non-hydrogen) atoms. The number of nitrogens with one attached hydrogen (secondary N) is 1. The summed E-state index contributed by atoms with van der Waals surface area (Å²) in [6.07, 6.45) is 2.61. The molecule has 1 amide bonds. The largest absolute Gasteiger partial charge is 0.423 e. The van der Waals surface area contributed by atoms with Crippen molar-refractivity contribution in [1.82, 2.24) is 10.3 Å². The Labute approximate surface area is 216 Å². The van der Waals surface area contributed by atoms with Gasteiger partial charge in [0.1, 0.15) is 5.75 Å². The van der Waals surface area contributed by atoms with E-state index in [4.69, 9.17) is 4.74 Å². The van der Waals surface area contributed by atoms with E-state index in [1.54, 1.807) is 54.7 Å². The molecular weight excluding hydrogens is 462 g/mol. The number of carbonyl (C=O) groups is 2. The van der Waals surface area contributed by atoms with Crippen LogP contribution in [0.5, 0.6) is 5.75 Å². The number of esters is 1. The fourth-order valence-electron chi connectivity index (χ4n) is 4.30. The maximum Gasteiger partial charge on any atom is 0.343 e. The van der Waals surface area contributed by atoms with Crippen molar-refractivity contribution in [2.24, 2.45) is 5.10 Å². The summed E-state index contributed by atoms with van der Waals surface area (Å²) < 4.78 is 5.37. The van der Waals surface area contributed by atoms with E-state index >= 15 is 0 Å². The number of nitrogens with zero attached hydrogens (tertiary/aromatic N) is 2. The van der Waals surface area contributed by atoms with Crippen LogP contribution >= 0.6 is 0 Å². The van der Waals surface area contributed by atoms with Gasteiger partial charge in [-0.15, -0.1) is 0 Å². The molecule has 0 bridgehead atoms. The summed E-state index contributed by atoms with van der Waals surface area (Å²) in [6, 6.07) is 32.0. The highest BCUT2D eigenvalue weighted by Crippen LogP contribution is 2.20. The van der Waals surface area contributed by atoms with Gasteiger partial charge >= 0.3 is 5.97 Å². The van der Waals surface area contributed by atoms with Crippen LogP contribution < -0.4 is 10.2 Å². The molecule has 4 aromatic rings. The zero-order valence-corrected chi connectivity index (χ0v) is 20.3. The minimum absolute atomic E-state index is 0.275. The van der Waals surface area contributed by atoms with Gasteiger partial charge in [0.05, 0.1) is 11.8 Å². The SMILES string of the molecule is O=C(N/N=C\c1ccc(OC(=O)c2ccccc2)cc1)c1ccc(CN2CCc3ccccc3C2)cc1. The molecular formula is C31H27N3O3. The first-order valence-electron chi connectivity index (χ1n) is 12.2. The summed E-state index contributed by atoms with van der Waals surface area (Å²) in [5, 5.41) is 4.05. The van der Waals surface area contributed by atoms with E-state index in [-0.39, 0.29) is 5.91 Å². The molecule has 0 unspecified atom stereocenters. The van der Waals surface area contributed by atoms with Gasteiger partial charge in [0, 0.05) is 25.2 Å². The summed E-state index contributed by atoms with van der Waals surface area (Å²) in [5.41, 5.74) is 8.37. The number of hydrazone groups is 1. The van der Waals surface area contributed by atoms with Crippen molar-refractivity contribution in [1.29, 1.82) is 0 Å². The topological polar surface area (TPSA) is 71.0 Å². The van der Waals surface area contributed by atoms with Gasteiger partial charge in [0.25, 0.3) is 5.91 Å². The van der Waals surface area contributed by atoms with Crippen LogP contribution in [-0.4, -0.2) is 29.5 Å². The maximum atomic E-state index is 12.5. The third-order valence-electron chi connectivity index (χ3n) is 6.31. The molecule has 1 N–H and O–H groups in total. The molecule has 1 aliphatic heterocycles. The van der Waals surface area contributed by atoms with Crippen molar-refractivity contribution in [2.45, 2.75) is 19.5 Å². The second kappa shape index (κ2) is 11.5. The molecule has 0 atom stereocenters. The van der Waals surface area contributed by atoms with Gasteiger partial charge in [0.15, 0.2) is 0 Å². The highest BCUT2D eigenvalue weighted by atomic mass is 16.5. The molecule has 5 rings (SSSR count). The predicted molar refractivity (Wildman–Crippen MR) is 144 cm³/mol. The molecule has 0 spiro atoms. The Balaban J connectivity index is 1.10. The fourth-order valence-corrected chi connectivity index (χ4v) is 4.30. The first kappa shape index (κ1) is 24.2. The van der Waals surface area contributed by atoms with Crippen LogP contribution in [0.15, 0.2) is 108 Å². The normalized spacial score (nSPS) is 13.2. The van der Waals surface area contributed by atoms with Crippen LogP contribution in [0, 0.1) is 0 Å². The van der Waals surface area contributed by atoms with Gasteiger partial charge in [-0.2, -0.15) is 5.10 Å². The Kier molecular flexibility index (Phi) is 7.48. The van der Waals surface area contributed by atoms with Crippen molar-refractivity contribution < 1.29 is 14.3 Å². The van der Waals surface area contributed by atoms with Gasteiger partial charge < -0.3 is 4.74 Å². The van der Waals surface area contributed by atoms with Crippen LogP contribution in [0.2, 0.25) is 0 Å². The highest BCUT2D eigenvalue weighted by molar-refractivity contribution is 5.95. The number of amides is 1. The number of carbonyl (C=O) groups excluding carboxylic acids is 2. The first-order chi connectivity index (χ1) is 18.1. The third-order valence-corrected chi connectivity index (χ3v) is 6.31. The van der Waals surface area contributed by atoms with E-state index in [9.17, 15) is 9.59 Å². The quantitative estimate of drug-likeness (QED) is 0.167. The highest BCUT2D eigenvalue weighted by Gasteiger charge is 2.16. The zero-order chi connectivity index (χ0) is 25.5. The van der Waals surface area contributed by atoms with E-state index in [2.05, 4.69) is 39.7 Å². The van der Waals surface area contributed by atoms with Gasteiger partial charge in [-0.25, -0.2) is 10.2 Å². The molecule has 4 aromatic carbocycles. The minimum atomic E-state index is -0.415. The molecule has 1 aliphatic rings. The van der Waals surface area contributed by atoms with E-state index in [1.807, 2.05) is 30.3 Å². The van der Waals surface area contributed by atoms with E-state index in [1.165, 1.54) is 16.7 Å². The van der Waals surface area contributed by atoms with E-state index < -0.39 is 5.97 Å². The van der Waals surface area contributed by atoms with Gasteiger partial charge in [0.2, 0.25) is 0 Å². The molecule has 0 saturated carbocycles. The van der Waals surface area contributed by atoms with E-state index in [0.29, 0.717) is 16.9 Å². The Morgan fingerprint density at radius 2 is 1.51 bits per heavy atom. The molecule has 0 saturated heterocycles. The Morgan fingerprint density at radius 1 is 0.811 bits per heavy atom. The van der Waals surface area contributed by atoms with Gasteiger partial charge in [-0.05, 0) is 77.2 Å². The van der Waals surface area contributed by atoms with Crippen LogP contribution in [0.4, 0.5) is 0 Å². The third kappa shape index (κ3) is 6.37. The minimum Gasteiger partial charge on any atom is -0.423 e. The lowest BCUT2D eigenvalue weighted by molar-refractivity contribution is 0.0734. The Morgan fingerprint density at radius 3 is 2.27 bits per heavy atom.